The van der Waals surface area contributed by atoms with Crippen LogP contribution in [0.4, 0.5) is 0 Å². The maximum Gasteiger partial charge on any atom is 0.125 e. The number of thioether (sulfide) groups is 1. The van der Waals surface area contributed by atoms with Gasteiger partial charge in [0.05, 0.1) is 6.10 Å². The normalized spacial score (nSPS) is 23.3. The summed E-state index contributed by atoms with van der Waals surface area (Å²) in [6.45, 7) is 0.521. The summed E-state index contributed by atoms with van der Waals surface area (Å²) in [6, 6.07) is 6.16. The topological polar surface area (TPSA) is 44.5 Å². The van der Waals surface area contributed by atoms with Crippen LogP contribution in [-0.4, -0.2) is 25.6 Å². The zero-order valence-corrected chi connectivity index (χ0v) is 12.5. The molecule has 1 aromatic rings. The second-order valence-corrected chi connectivity index (χ2v) is 5.75. The lowest BCUT2D eigenvalue weighted by molar-refractivity contribution is 0.0206. The van der Waals surface area contributed by atoms with E-state index in [9.17, 15) is 0 Å². The lowest BCUT2D eigenvalue weighted by atomic mass is 9.95. The van der Waals surface area contributed by atoms with Crippen molar-refractivity contribution < 1.29 is 9.47 Å². The van der Waals surface area contributed by atoms with Crippen molar-refractivity contribution in [1.82, 2.24) is 0 Å². The minimum absolute atomic E-state index is 0.251. The first-order chi connectivity index (χ1) is 9.28. The Morgan fingerprint density at radius 1 is 1.32 bits per heavy atom. The average Bonchev–Trinajstić information content (AvgIpc) is 2.47. The molecule has 1 saturated carbocycles. The largest absolute Gasteiger partial charge is 0.490 e. The van der Waals surface area contributed by atoms with E-state index < -0.39 is 0 Å². The van der Waals surface area contributed by atoms with Crippen LogP contribution in [0, 0.1) is 0 Å². The van der Waals surface area contributed by atoms with Gasteiger partial charge in [-0.1, -0.05) is 6.07 Å². The van der Waals surface area contributed by atoms with Crippen LogP contribution in [0.1, 0.15) is 31.2 Å². The fourth-order valence-electron chi connectivity index (χ4n) is 2.65. The van der Waals surface area contributed by atoms with Gasteiger partial charge in [-0.25, -0.2) is 0 Å². The van der Waals surface area contributed by atoms with Crippen LogP contribution < -0.4 is 10.5 Å². The molecule has 0 bridgehead atoms. The third-order valence-electron chi connectivity index (χ3n) is 3.72. The Labute approximate surface area is 119 Å². The Kier molecular flexibility index (Phi) is 5.55. The summed E-state index contributed by atoms with van der Waals surface area (Å²) >= 11 is 1.72. The zero-order valence-electron chi connectivity index (χ0n) is 11.7. The lowest BCUT2D eigenvalue weighted by Crippen LogP contribution is -2.29. The van der Waals surface area contributed by atoms with E-state index in [0.717, 1.165) is 30.6 Å². The predicted octanol–water partition coefficient (Wildman–Crippen LogP) is 3.20. The predicted molar refractivity (Wildman–Crippen MR) is 79.8 cm³/mol. The second kappa shape index (κ2) is 7.17. The minimum atomic E-state index is 0.251. The minimum Gasteiger partial charge on any atom is -0.490 e. The van der Waals surface area contributed by atoms with Gasteiger partial charge in [0, 0.05) is 30.5 Å². The SMILES string of the molecule is COC1CCCC(Oc2cccc(SC)c2CN)C1. The van der Waals surface area contributed by atoms with E-state index >= 15 is 0 Å². The van der Waals surface area contributed by atoms with Crippen molar-refractivity contribution in [3.05, 3.63) is 23.8 Å². The Morgan fingerprint density at radius 2 is 2.11 bits per heavy atom. The van der Waals surface area contributed by atoms with E-state index in [1.165, 1.54) is 11.3 Å². The molecule has 2 N–H and O–H groups in total. The molecule has 2 unspecified atom stereocenters. The maximum atomic E-state index is 6.18. The highest BCUT2D eigenvalue weighted by Crippen LogP contribution is 2.31. The highest BCUT2D eigenvalue weighted by molar-refractivity contribution is 7.98. The number of ether oxygens (including phenoxy) is 2. The molecule has 1 aliphatic rings. The molecule has 0 saturated heterocycles. The first kappa shape index (κ1) is 14.7. The Balaban J connectivity index is 2.10. The number of rotatable bonds is 5. The van der Waals surface area contributed by atoms with Crippen LogP contribution in [-0.2, 0) is 11.3 Å². The van der Waals surface area contributed by atoms with Crippen molar-refractivity contribution in [1.29, 1.82) is 0 Å². The molecular formula is C15H23NO2S. The van der Waals surface area contributed by atoms with Gasteiger partial charge >= 0.3 is 0 Å². The molecule has 19 heavy (non-hydrogen) atoms. The van der Waals surface area contributed by atoms with Gasteiger partial charge in [0.15, 0.2) is 0 Å². The van der Waals surface area contributed by atoms with Crippen LogP contribution in [0.5, 0.6) is 5.75 Å². The van der Waals surface area contributed by atoms with Crippen LogP contribution in [0.2, 0.25) is 0 Å². The van der Waals surface area contributed by atoms with Gasteiger partial charge in [0.25, 0.3) is 0 Å². The van der Waals surface area contributed by atoms with E-state index in [2.05, 4.69) is 12.3 Å². The quantitative estimate of drug-likeness (QED) is 0.842. The molecule has 1 aromatic carbocycles. The van der Waals surface area contributed by atoms with Crippen molar-refractivity contribution in [2.24, 2.45) is 5.73 Å². The van der Waals surface area contributed by atoms with Gasteiger partial charge in [0.2, 0.25) is 0 Å². The molecule has 1 aliphatic carbocycles. The van der Waals surface area contributed by atoms with Gasteiger partial charge in [-0.15, -0.1) is 11.8 Å². The Hall–Kier alpha value is -0.710. The number of hydrogen-bond donors (Lipinski definition) is 1. The van der Waals surface area contributed by atoms with Gasteiger partial charge in [-0.05, 0) is 37.7 Å². The highest BCUT2D eigenvalue weighted by Gasteiger charge is 2.23. The lowest BCUT2D eigenvalue weighted by Gasteiger charge is -2.29. The standard InChI is InChI=1S/C15H23NO2S/c1-17-11-5-3-6-12(9-11)18-14-7-4-8-15(19-2)13(14)10-16/h4,7-8,11-12H,3,5-6,9-10,16H2,1-2H3. The summed E-state index contributed by atoms with van der Waals surface area (Å²) in [5, 5.41) is 0. The molecule has 0 amide bonds. The van der Waals surface area contributed by atoms with Gasteiger partial charge in [-0.2, -0.15) is 0 Å². The Morgan fingerprint density at radius 3 is 2.79 bits per heavy atom. The van der Waals surface area contributed by atoms with Crippen molar-refractivity contribution in [3.63, 3.8) is 0 Å². The summed E-state index contributed by atoms with van der Waals surface area (Å²) in [4.78, 5) is 1.21. The van der Waals surface area contributed by atoms with E-state index in [0.29, 0.717) is 12.6 Å². The summed E-state index contributed by atoms with van der Waals surface area (Å²) < 4.78 is 11.6. The van der Waals surface area contributed by atoms with Crippen molar-refractivity contribution in [2.75, 3.05) is 13.4 Å². The summed E-state index contributed by atoms with van der Waals surface area (Å²) in [6.07, 6.45) is 7.05. The van der Waals surface area contributed by atoms with Crippen LogP contribution in [0.3, 0.4) is 0 Å². The van der Waals surface area contributed by atoms with E-state index in [1.54, 1.807) is 18.9 Å². The molecule has 0 aromatic heterocycles. The fraction of sp³-hybridized carbons (Fsp3) is 0.600. The summed E-state index contributed by atoms with van der Waals surface area (Å²) in [5.41, 5.74) is 6.99. The van der Waals surface area contributed by atoms with Crippen molar-refractivity contribution >= 4 is 11.8 Å². The number of hydrogen-bond acceptors (Lipinski definition) is 4. The van der Waals surface area contributed by atoms with Crippen LogP contribution >= 0.6 is 11.8 Å². The van der Waals surface area contributed by atoms with Gasteiger partial charge in [-0.3, -0.25) is 0 Å². The first-order valence-electron chi connectivity index (χ1n) is 6.83. The molecule has 2 atom stereocenters. The average molecular weight is 281 g/mol. The Bertz CT molecular complexity index is 411. The maximum absolute atomic E-state index is 6.18. The molecule has 1 fully saturated rings. The summed E-state index contributed by atoms with van der Waals surface area (Å²) in [5.74, 6) is 0.941. The van der Waals surface area contributed by atoms with Gasteiger partial charge in [0.1, 0.15) is 11.9 Å². The van der Waals surface area contributed by atoms with E-state index in [1.807, 2.05) is 12.1 Å². The fourth-order valence-corrected chi connectivity index (χ4v) is 3.30. The molecule has 0 heterocycles. The summed E-state index contributed by atoms with van der Waals surface area (Å²) in [7, 11) is 1.78. The molecule has 3 nitrogen and oxygen atoms in total. The number of nitrogens with two attached hydrogens (primary N) is 1. The second-order valence-electron chi connectivity index (χ2n) is 4.91. The third-order valence-corrected chi connectivity index (χ3v) is 4.54. The first-order valence-corrected chi connectivity index (χ1v) is 8.06. The van der Waals surface area contributed by atoms with Crippen LogP contribution in [0.25, 0.3) is 0 Å². The number of methoxy groups -OCH3 is 1. The third kappa shape index (κ3) is 3.65. The zero-order chi connectivity index (χ0) is 13.7. The molecule has 0 spiro atoms. The molecule has 2 rings (SSSR count). The van der Waals surface area contributed by atoms with Crippen LogP contribution in [0.15, 0.2) is 23.1 Å². The molecule has 0 radical (unpaired) electrons. The van der Waals surface area contributed by atoms with Crippen molar-refractivity contribution in [2.45, 2.75) is 49.3 Å². The molecule has 4 heteroatoms. The number of benzene rings is 1. The smallest absolute Gasteiger partial charge is 0.125 e. The van der Waals surface area contributed by atoms with Gasteiger partial charge < -0.3 is 15.2 Å². The molecular weight excluding hydrogens is 258 g/mol. The van der Waals surface area contributed by atoms with E-state index in [4.69, 9.17) is 15.2 Å². The van der Waals surface area contributed by atoms with Crippen molar-refractivity contribution in [3.8, 4) is 5.75 Å². The molecule has 0 aliphatic heterocycles. The highest BCUT2D eigenvalue weighted by atomic mass is 32.2. The molecule has 106 valence electrons. The van der Waals surface area contributed by atoms with E-state index in [-0.39, 0.29) is 6.10 Å². The monoisotopic (exact) mass is 281 g/mol.